The third kappa shape index (κ3) is 5.13. The summed E-state index contributed by atoms with van der Waals surface area (Å²) in [6.07, 6.45) is 2.99. The van der Waals surface area contributed by atoms with Gasteiger partial charge in [-0.05, 0) is 43.7 Å². The summed E-state index contributed by atoms with van der Waals surface area (Å²) >= 11 is 3.35. The number of nitrogens with zero attached hydrogens (tertiary/aromatic N) is 1. The van der Waals surface area contributed by atoms with E-state index in [4.69, 9.17) is 5.11 Å². The molecule has 114 valence electrons. The van der Waals surface area contributed by atoms with Crippen LogP contribution in [0.15, 0.2) is 28.7 Å². The molecule has 0 spiro atoms. The lowest BCUT2D eigenvalue weighted by Gasteiger charge is -2.34. The Bertz CT molecular complexity index is 504. The molecule has 0 bridgehead atoms. The van der Waals surface area contributed by atoms with E-state index >= 15 is 0 Å². The molecule has 2 rings (SSSR count). The van der Waals surface area contributed by atoms with E-state index in [1.54, 1.807) is 0 Å². The average Bonchev–Trinajstić information content (AvgIpc) is 2.43. The zero-order valence-electron chi connectivity index (χ0n) is 11.7. The van der Waals surface area contributed by atoms with Crippen molar-refractivity contribution in [3.63, 3.8) is 0 Å². The third-order valence-corrected chi connectivity index (χ3v) is 4.16. The van der Waals surface area contributed by atoms with Crippen molar-refractivity contribution in [3.8, 4) is 0 Å². The SMILES string of the molecule is O=C(O)CC1CCCCN1CC(=O)Nc1ccc(Br)cc1. The lowest BCUT2D eigenvalue weighted by Crippen LogP contribution is -2.44. The third-order valence-electron chi connectivity index (χ3n) is 3.63. The topological polar surface area (TPSA) is 69.6 Å². The molecule has 1 aromatic carbocycles. The fourth-order valence-corrected chi connectivity index (χ4v) is 2.88. The minimum absolute atomic E-state index is 0.0353. The number of halogens is 1. The molecule has 1 unspecified atom stereocenters. The van der Waals surface area contributed by atoms with Gasteiger partial charge in [0, 0.05) is 16.2 Å². The molecule has 1 atom stereocenters. The van der Waals surface area contributed by atoms with Crippen LogP contribution in [-0.2, 0) is 9.59 Å². The Kier molecular flexibility index (Phi) is 5.76. The molecule has 0 aromatic heterocycles. The Labute approximate surface area is 132 Å². The molecule has 1 heterocycles. The van der Waals surface area contributed by atoms with Crippen LogP contribution in [0.25, 0.3) is 0 Å². The molecule has 0 aliphatic carbocycles. The van der Waals surface area contributed by atoms with Gasteiger partial charge in [0.1, 0.15) is 0 Å². The maximum absolute atomic E-state index is 12.1. The van der Waals surface area contributed by atoms with Crippen LogP contribution >= 0.6 is 15.9 Å². The van der Waals surface area contributed by atoms with Gasteiger partial charge < -0.3 is 10.4 Å². The van der Waals surface area contributed by atoms with Gasteiger partial charge in [-0.3, -0.25) is 14.5 Å². The van der Waals surface area contributed by atoms with E-state index in [0.717, 1.165) is 36.0 Å². The number of amides is 1. The number of hydrogen-bond acceptors (Lipinski definition) is 3. The second kappa shape index (κ2) is 7.56. The highest BCUT2D eigenvalue weighted by atomic mass is 79.9. The van der Waals surface area contributed by atoms with Crippen molar-refractivity contribution >= 4 is 33.5 Å². The minimum Gasteiger partial charge on any atom is -0.481 e. The van der Waals surface area contributed by atoms with E-state index in [2.05, 4.69) is 21.2 Å². The second-order valence-electron chi connectivity index (χ2n) is 5.27. The summed E-state index contributed by atoms with van der Waals surface area (Å²) in [7, 11) is 0. The Morgan fingerprint density at radius 3 is 2.67 bits per heavy atom. The molecule has 2 N–H and O–H groups in total. The molecule has 1 amide bonds. The van der Waals surface area contributed by atoms with E-state index in [0.29, 0.717) is 0 Å². The van der Waals surface area contributed by atoms with Crippen molar-refractivity contribution in [1.82, 2.24) is 4.90 Å². The summed E-state index contributed by atoms with van der Waals surface area (Å²) in [6.45, 7) is 1.03. The van der Waals surface area contributed by atoms with Crippen molar-refractivity contribution in [2.45, 2.75) is 31.7 Å². The van der Waals surface area contributed by atoms with Crippen LogP contribution in [-0.4, -0.2) is 41.0 Å². The van der Waals surface area contributed by atoms with Crippen LogP contribution in [0.2, 0.25) is 0 Å². The van der Waals surface area contributed by atoms with Crippen LogP contribution in [0.3, 0.4) is 0 Å². The standard InChI is InChI=1S/C15H19BrN2O3/c16-11-4-6-12(7-5-11)17-14(19)10-18-8-2-1-3-13(18)9-15(20)21/h4-7,13H,1-3,8-10H2,(H,17,19)(H,20,21). The number of hydrogen-bond donors (Lipinski definition) is 2. The smallest absolute Gasteiger partial charge is 0.304 e. The predicted octanol–water partition coefficient (Wildman–Crippen LogP) is 2.72. The zero-order chi connectivity index (χ0) is 15.2. The van der Waals surface area contributed by atoms with E-state index in [9.17, 15) is 9.59 Å². The summed E-state index contributed by atoms with van der Waals surface area (Å²) in [5.41, 5.74) is 0.745. The monoisotopic (exact) mass is 354 g/mol. The number of carboxylic acids is 1. The first-order valence-electron chi connectivity index (χ1n) is 7.06. The Hall–Kier alpha value is -1.40. The fourth-order valence-electron chi connectivity index (χ4n) is 2.62. The van der Waals surface area contributed by atoms with Gasteiger partial charge in [0.05, 0.1) is 13.0 Å². The molecule has 1 fully saturated rings. The maximum atomic E-state index is 12.1. The summed E-state index contributed by atoms with van der Waals surface area (Å²) < 4.78 is 0.957. The summed E-state index contributed by atoms with van der Waals surface area (Å²) in [6, 6.07) is 7.35. The number of piperidine rings is 1. The molecule has 6 heteroatoms. The number of carbonyl (C=O) groups is 2. The number of aliphatic carboxylic acids is 1. The first-order valence-corrected chi connectivity index (χ1v) is 7.85. The van der Waals surface area contributed by atoms with Gasteiger partial charge in [-0.2, -0.15) is 0 Å². The van der Waals surface area contributed by atoms with Gasteiger partial charge in [-0.15, -0.1) is 0 Å². The summed E-state index contributed by atoms with van der Waals surface area (Å²) in [4.78, 5) is 25.0. The highest BCUT2D eigenvalue weighted by Crippen LogP contribution is 2.20. The van der Waals surface area contributed by atoms with Crippen LogP contribution in [0.5, 0.6) is 0 Å². The molecule has 1 aliphatic rings. The number of rotatable bonds is 5. The van der Waals surface area contributed by atoms with E-state index in [-0.39, 0.29) is 24.9 Å². The van der Waals surface area contributed by atoms with Crippen molar-refractivity contribution < 1.29 is 14.7 Å². The molecule has 1 aliphatic heterocycles. The molecule has 5 nitrogen and oxygen atoms in total. The number of likely N-dealkylation sites (tertiary alicyclic amines) is 1. The normalized spacial score (nSPS) is 19.2. The van der Waals surface area contributed by atoms with E-state index in [1.165, 1.54) is 0 Å². The molecular formula is C15H19BrN2O3. The summed E-state index contributed by atoms with van der Waals surface area (Å²) in [5, 5.41) is 11.8. The van der Waals surface area contributed by atoms with Crippen molar-refractivity contribution in [2.75, 3.05) is 18.4 Å². The largest absolute Gasteiger partial charge is 0.481 e. The second-order valence-corrected chi connectivity index (χ2v) is 6.19. The van der Waals surface area contributed by atoms with Crippen LogP contribution in [0.1, 0.15) is 25.7 Å². The Balaban J connectivity index is 1.90. The van der Waals surface area contributed by atoms with Crippen LogP contribution in [0.4, 0.5) is 5.69 Å². The zero-order valence-corrected chi connectivity index (χ0v) is 13.3. The number of anilines is 1. The molecular weight excluding hydrogens is 336 g/mol. The van der Waals surface area contributed by atoms with Gasteiger partial charge in [0.2, 0.25) is 5.91 Å². The maximum Gasteiger partial charge on any atom is 0.304 e. The average molecular weight is 355 g/mol. The van der Waals surface area contributed by atoms with Gasteiger partial charge in [-0.1, -0.05) is 22.4 Å². The first kappa shape index (κ1) is 16.0. The highest BCUT2D eigenvalue weighted by Gasteiger charge is 2.26. The first-order chi connectivity index (χ1) is 10.0. The lowest BCUT2D eigenvalue weighted by atomic mass is 9.99. The van der Waals surface area contributed by atoms with Crippen molar-refractivity contribution in [2.24, 2.45) is 0 Å². The highest BCUT2D eigenvalue weighted by molar-refractivity contribution is 9.10. The fraction of sp³-hybridized carbons (Fsp3) is 0.467. The summed E-state index contributed by atoms with van der Waals surface area (Å²) in [5.74, 6) is -0.908. The van der Waals surface area contributed by atoms with E-state index < -0.39 is 5.97 Å². The number of carbonyl (C=O) groups excluding carboxylic acids is 1. The predicted molar refractivity (Wildman–Crippen MR) is 84.2 cm³/mol. The van der Waals surface area contributed by atoms with Crippen molar-refractivity contribution in [1.29, 1.82) is 0 Å². The van der Waals surface area contributed by atoms with Gasteiger partial charge >= 0.3 is 5.97 Å². The van der Waals surface area contributed by atoms with Crippen LogP contribution in [0, 0.1) is 0 Å². The molecule has 0 saturated carbocycles. The lowest BCUT2D eigenvalue weighted by molar-refractivity contribution is -0.139. The quantitative estimate of drug-likeness (QED) is 0.852. The van der Waals surface area contributed by atoms with Gasteiger partial charge in [0.25, 0.3) is 0 Å². The van der Waals surface area contributed by atoms with E-state index in [1.807, 2.05) is 29.2 Å². The number of benzene rings is 1. The Morgan fingerprint density at radius 2 is 2.00 bits per heavy atom. The number of carboxylic acid groups (broad SMARTS) is 1. The van der Waals surface area contributed by atoms with Gasteiger partial charge in [-0.25, -0.2) is 0 Å². The Morgan fingerprint density at radius 1 is 1.29 bits per heavy atom. The molecule has 0 radical (unpaired) electrons. The number of nitrogens with one attached hydrogen (secondary N) is 1. The molecule has 1 aromatic rings. The minimum atomic E-state index is -0.805. The molecule has 1 saturated heterocycles. The van der Waals surface area contributed by atoms with Gasteiger partial charge in [0.15, 0.2) is 0 Å². The van der Waals surface area contributed by atoms with Crippen LogP contribution < -0.4 is 5.32 Å². The molecule has 21 heavy (non-hydrogen) atoms. The van der Waals surface area contributed by atoms with Crippen molar-refractivity contribution in [3.05, 3.63) is 28.7 Å².